The normalized spacial score (nSPS) is 38.0. The minimum absolute atomic E-state index is 0.0521. The Kier molecular flexibility index (Phi) is 7.82. The van der Waals surface area contributed by atoms with Gasteiger partial charge in [-0.2, -0.15) is 0 Å². The topological polar surface area (TPSA) is 215 Å². The monoisotopic (exact) mass is 408 g/mol. The zero-order valence-corrected chi connectivity index (χ0v) is 14.6. The average Bonchev–Trinajstić information content (AvgIpc) is 2.95. The van der Waals surface area contributed by atoms with Crippen LogP contribution < -0.4 is 11.2 Å². The Labute approximate surface area is 157 Å². The van der Waals surface area contributed by atoms with Crippen molar-refractivity contribution in [2.45, 2.75) is 49.0 Å². The maximum Gasteiger partial charge on any atom is 0.330 e. The summed E-state index contributed by atoms with van der Waals surface area (Å²) in [5.41, 5.74) is -1.33. The highest BCUT2D eigenvalue weighted by atomic mass is 16.6. The molecule has 0 aliphatic carbocycles. The van der Waals surface area contributed by atoms with Gasteiger partial charge in [0.05, 0.1) is 19.8 Å². The molecule has 2 saturated heterocycles. The molecule has 0 radical (unpaired) electrons. The van der Waals surface area contributed by atoms with Gasteiger partial charge in [-0.25, -0.2) is 4.79 Å². The van der Waals surface area contributed by atoms with Crippen molar-refractivity contribution in [3.63, 3.8) is 0 Å². The summed E-state index contributed by atoms with van der Waals surface area (Å²) >= 11 is 0. The quantitative estimate of drug-likeness (QED) is 0.236. The van der Waals surface area contributed by atoms with Crippen LogP contribution in [0, 0.1) is 0 Å². The van der Waals surface area contributed by atoms with Gasteiger partial charge in [-0.3, -0.25) is 14.3 Å². The van der Waals surface area contributed by atoms with E-state index < -0.39 is 66.8 Å². The van der Waals surface area contributed by atoms with Gasteiger partial charge in [0.15, 0.2) is 6.23 Å². The molecule has 2 fully saturated rings. The summed E-state index contributed by atoms with van der Waals surface area (Å²) in [6.07, 6.45) is -7.85. The van der Waals surface area contributed by atoms with Gasteiger partial charge in [-0.05, 0) is 0 Å². The minimum atomic E-state index is -1.35. The molecular weight excluding hydrogens is 384 g/mol. The molecule has 3 heterocycles. The third-order valence-electron chi connectivity index (χ3n) is 4.43. The van der Waals surface area contributed by atoms with E-state index in [9.17, 15) is 19.8 Å². The van der Waals surface area contributed by atoms with Crippen molar-refractivity contribution in [2.75, 3.05) is 19.8 Å². The van der Waals surface area contributed by atoms with E-state index in [1.165, 1.54) is 0 Å². The molecule has 8 atom stereocenters. The van der Waals surface area contributed by atoms with E-state index in [0.717, 1.165) is 16.8 Å². The van der Waals surface area contributed by atoms with E-state index in [-0.39, 0.29) is 13.2 Å². The third-order valence-corrected chi connectivity index (χ3v) is 4.43. The van der Waals surface area contributed by atoms with E-state index in [1.807, 2.05) is 4.98 Å². The molecule has 3 rings (SSSR count). The van der Waals surface area contributed by atoms with E-state index in [2.05, 4.69) is 0 Å². The lowest BCUT2D eigenvalue weighted by atomic mass is 10.0. The summed E-state index contributed by atoms with van der Waals surface area (Å²) in [4.78, 5) is 24.3. The number of aliphatic hydroxyl groups is 7. The average molecular weight is 408 g/mol. The molecule has 1 aromatic rings. The van der Waals surface area contributed by atoms with Gasteiger partial charge in [-0.1, -0.05) is 0 Å². The van der Waals surface area contributed by atoms with Gasteiger partial charge >= 0.3 is 5.69 Å². The Balaban J connectivity index is 0.000000221. The van der Waals surface area contributed by atoms with Crippen molar-refractivity contribution in [2.24, 2.45) is 0 Å². The Bertz CT molecular complexity index is 735. The summed E-state index contributed by atoms with van der Waals surface area (Å²) < 4.78 is 10.9. The molecule has 13 nitrogen and oxygen atoms in total. The molecule has 0 spiro atoms. The van der Waals surface area contributed by atoms with Gasteiger partial charge in [0.2, 0.25) is 0 Å². The van der Waals surface area contributed by atoms with E-state index in [0.29, 0.717) is 0 Å². The molecule has 0 unspecified atom stereocenters. The van der Waals surface area contributed by atoms with Crippen LogP contribution >= 0.6 is 0 Å². The van der Waals surface area contributed by atoms with Gasteiger partial charge in [0.25, 0.3) is 5.56 Å². The predicted octanol–water partition coefficient (Wildman–Crippen LogP) is -5.39. The first-order valence-electron chi connectivity index (χ1n) is 8.41. The number of aromatic amines is 1. The fourth-order valence-electron chi connectivity index (χ4n) is 2.77. The Hall–Kier alpha value is -1.68. The largest absolute Gasteiger partial charge is 0.394 e. The van der Waals surface area contributed by atoms with Crippen LogP contribution in [0.3, 0.4) is 0 Å². The molecule has 0 bridgehead atoms. The number of ether oxygens (including phenoxy) is 2. The molecule has 0 saturated carbocycles. The maximum absolute atomic E-state index is 11.4. The highest BCUT2D eigenvalue weighted by molar-refractivity contribution is 4.93. The number of hydrogen-bond donors (Lipinski definition) is 8. The molecule has 0 amide bonds. The second-order valence-corrected chi connectivity index (χ2v) is 6.35. The van der Waals surface area contributed by atoms with Gasteiger partial charge in [0, 0.05) is 12.3 Å². The second-order valence-electron chi connectivity index (χ2n) is 6.35. The molecular formula is C15H24N2O11. The van der Waals surface area contributed by atoms with Gasteiger partial charge in [0.1, 0.15) is 42.7 Å². The Morgan fingerprint density at radius 2 is 1.57 bits per heavy atom. The molecule has 2 aliphatic heterocycles. The maximum atomic E-state index is 11.4. The first kappa shape index (κ1) is 22.6. The van der Waals surface area contributed by atoms with Crippen molar-refractivity contribution < 1.29 is 45.2 Å². The number of aliphatic hydroxyl groups excluding tert-OH is 7. The first-order chi connectivity index (χ1) is 13.2. The van der Waals surface area contributed by atoms with Gasteiger partial charge < -0.3 is 45.2 Å². The van der Waals surface area contributed by atoms with Crippen molar-refractivity contribution in [1.29, 1.82) is 0 Å². The summed E-state index contributed by atoms with van der Waals surface area (Å²) in [6.45, 7) is -0.888. The predicted molar refractivity (Wildman–Crippen MR) is 89.2 cm³/mol. The second kappa shape index (κ2) is 9.69. The highest BCUT2D eigenvalue weighted by Gasteiger charge is 2.43. The van der Waals surface area contributed by atoms with Crippen LogP contribution in [0.5, 0.6) is 0 Å². The van der Waals surface area contributed by atoms with Crippen LogP contribution in [0.25, 0.3) is 0 Å². The van der Waals surface area contributed by atoms with Crippen molar-refractivity contribution in [1.82, 2.24) is 9.55 Å². The number of hydrogen-bond acceptors (Lipinski definition) is 11. The highest BCUT2D eigenvalue weighted by Crippen LogP contribution is 2.27. The molecule has 13 heteroatoms. The molecule has 8 N–H and O–H groups in total. The van der Waals surface area contributed by atoms with Crippen molar-refractivity contribution >= 4 is 0 Å². The van der Waals surface area contributed by atoms with Crippen LogP contribution in [0.4, 0.5) is 0 Å². The number of rotatable bonds is 3. The van der Waals surface area contributed by atoms with Crippen LogP contribution in [-0.2, 0) is 9.47 Å². The van der Waals surface area contributed by atoms with Crippen molar-refractivity contribution in [3.8, 4) is 0 Å². The summed E-state index contributed by atoms with van der Waals surface area (Å²) in [5, 5.41) is 63.8. The number of H-pyrrole nitrogens is 1. The van der Waals surface area contributed by atoms with Crippen LogP contribution in [0.15, 0.2) is 21.9 Å². The zero-order valence-electron chi connectivity index (χ0n) is 14.6. The Morgan fingerprint density at radius 3 is 2.11 bits per heavy atom. The van der Waals surface area contributed by atoms with E-state index in [1.54, 1.807) is 0 Å². The molecule has 0 aromatic carbocycles. The van der Waals surface area contributed by atoms with E-state index >= 15 is 0 Å². The molecule has 1 aromatic heterocycles. The van der Waals surface area contributed by atoms with Crippen LogP contribution in [-0.4, -0.2) is 108 Å². The first-order valence-corrected chi connectivity index (χ1v) is 8.41. The third kappa shape index (κ3) is 4.83. The number of nitrogens with one attached hydrogen (secondary N) is 1. The lowest BCUT2D eigenvalue weighted by molar-refractivity contribution is -0.195. The molecule has 2 aliphatic rings. The summed E-state index contributed by atoms with van der Waals surface area (Å²) in [5.74, 6) is 0. The fraction of sp³-hybridized carbons (Fsp3) is 0.733. The number of nitrogens with zero attached hydrogens (tertiary/aromatic N) is 1. The lowest BCUT2D eigenvalue weighted by Gasteiger charge is -2.34. The standard InChI is InChI=1S/C9H12N2O6.C6H12O5/c12-3-4-6(14)7(15)8(17-4)11-2-1-5(13)10-9(11)16;7-1-4-6(10)5(9)3(8)2-11-4/h1-2,4,6-8,12,14-15H,3H2,(H,10,13,16);3-10H,1-2H2/t4-,6-,7-,8-;3-,4+,5+,6+/m10/s1. The van der Waals surface area contributed by atoms with E-state index in [4.69, 9.17) is 35.0 Å². The molecule has 28 heavy (non-hydrogen) atoms. The fourth-order valence-corrected chi connectivity index (χ4v) is 2.77. The van der Waals surface area contributed by atoms with Crippen LogP contribution in [0.1, 0.15) is 6.23 Å². The SMILES string of the molecule is O=c1ccn([C@@H]2O[C@H](CO)[C@@H](O)[C@H]2O)c(=O)[nH]1.OC[C@H]1OC[C@H](O)[C@@H](O)[C@@H]1O. The van der Waals surface area contributed by atoms with Crippen molar-refractivity contribution in [3.05, 3.63) is 33.1 Å². The summed E-state index contributed by atoms with van der Waals surface area (Å²) in [6, 6.07) is 1.09. The molecule has 160 valence electrons. The van der Waals surface area contributed by atoms with Gasteiger partial charge in [-0.15, -0.1) is 0 Å². The lowest BCUT2D eigenvalue weighted by Crippen LogP contribution is -2.53. The zero-order chi connectivity index (χ0) is 21.0. The Morgan fingerprint density at radius 1 is 0.964 bits per heavy atom. The number of aromatic nitrogens is 2. The smallest absolute Gasteiger partial charge is 0.330 e. The summed E-state index contributed by atoms with van der Waals surface area (Å²) in [7, 11) is 0. The minimum Gasteiger partial charge on any atom is -0.394 e. The van der Waals surface area contributed by atoms with Crippen LogP contribution in [0.2, 0.25) is 0 Å².